The molecule has 2 saturated heterocycles. The minimum atomic E-state index is -0.453. The molecule has 2 amide bonds. The number of aryl methyl sites for hydroxylation is 2. The van der Waals surface area contributed by atoms with Crippen molar-refractivity contribution in [1.29, 1.82) is 0 Å². The summed E-state index contributed by atoms with van der Waals surface area (Å²) in [6.45, 7) is 7.11. The maximum Gasteiger partial charge on any atom is 0.321 e. The minimum Gasteiger partial charge on any atom is -0.350 e. The monoisotopic (exact) mass is 346 g/mol. The number of benzene rings is 1. The van der Waals surface area contributed by atoms with Gasteiger partial charge < -0.3 is 19.7 Å². The van der Waals surface area contributed by atoms with Crippen LogP contribution in [0.5, 0.6) is 0 Å². The van der Waals surface area contributed by atoms with Crippen LogP contribution in [0.3, 0.4) is 0 Å². The Labute approximate surface area is 150 Å². The van der Waals surface area contributed by atoms with Gasteiger partial charge in [-0.1, -0.05) is 25.5 Å². The first-order valence-corrected chi connectivity index (χ1v) is 9.55. The lowest BCUT2D eigenvalue weighted by Gasteiger charge is -2.43. The first kappa shape index (κ1) is 18.2. The Hall–Kier alpha value is -1.59. The van der Waals surface area contributed by atoms with Gasteiger partial charge in [-0.05, 0) is 43.4 Å². The van der Waals surface area contributed by atoms with Crippen molar-refractivity contribution in [2.45, 2.75) is 58.2 Å². The molecule has 2 aliphatic heterocycles. The van der Waals surface area contributed by atoms with Crippen LogP contribution in [0.1, 0.15) is 50.2 Å². The molecule has 1 spiro atoms. The van der Waals surface area contributed by atoms with Gasteiger partial charge >= 0.3 is 6.03 Å². The number of carbonyl (C=O) groups is 1. The fourth-order valence-corrected chi connectivity index (χ4v) is 3.55. The van der Waals surface area contributed by atoms with Crippen LogP contribution in [-0.4, -0.2) is 43.0 Å². The van der Waals surface area contributed by atoms with Gasteiger partial charge in [0, 0.05) is 31.6 Å². The highest BCUT2D eigenvalue weighted by atomic mass is 16.7. The van der Waals surface area contributed by atoms with E-state index in [1.165, 1.54) is 18.4 Å². The molecule has 1 N–H and O–H groups in total. The molecule has 1 aromatic rings. The number of piperidine rings is 1. The van der Waals surface area contributed by atoms with Gasteiger partial charge in [0.2, 0.25) is 0 Å². The van der Waals surface area contributed by atoms with Crippen LogP contribution in [0.25, 0.3) is 0 Å². The van der Waals surface area contributed by atoms with Gasteiger partial charge in [-0.15, -0.1) is 0 Å². The zero-order chi connectivity index (χ0) is 17.7. The Kier molecular flexibility index (Phi) is 5.97. The van der Waals surface area contributed by atoms with E-state index < -0.39 is 5.79 Å². The summed E-state index contributed by atoms with van der Waals surface area (Å²) in [6.07, 6.45) is 5.94. The number of urea groups is 1. The van der Waals surface area contributed by atoms with E-state index in [1.54, 1.807) is 0 Å². The van der Waals surface area contributed by atoms with Crippen LogP contribution < -0.4 is 5.32 Å². The van der Waals surface area contributed by atoms with Gasteiger partial charge in [-0.3, -0.25) is 0 Å². The molecule has 0 unspecified atom stereocenters. The number of ether oxygens (including phenoxy) is 2. The highest BCUT2D eigenvalue weighted by Crippen LogP contribution is 2.31. The zero-order valence-corrected chi connectivity index (χ0v) is 15.5. The summed E-state index contributed by atoms with van der Waals surface area (Å²) < 4.78 is 11.7. The number of carbonyl (C=O) groups excluding carboxylic acids is 1. The summed E-state index contributed by atoms with van der Waals surface area (Å²) in [5, 5.41) is 3.06. The molecule has 0 radical (unpaired) electrons. The standard InChI is InChI=1S/C20H30N2O3/c1-3-4-6-17-7-8-18(16(2)15-17)21-19(23)22-11-9-20(10-12-22)24-13-5-14-25-20/h7-8,15H,3-6,9-14H2,1-2H3,(H,21,23). The fourth-order valence-electron chi connectivity index (χ4n) is 3.55. The summed E-state index contributed by atoms with van der Waals surface area (Å²) in [6, 6.07) is 6.29. The van der Waals surface area contributed by atoms with E-state index in [0.717, 1.165) is 50.1 Å². The van der Waals surface area contributed by atoms with Crippen LogP contribution in [0.15, 0.2) is 18.2 Å². The molecule has 0 atom stereocenters. The number of anilines is 1. The molecule has 1 aromatic carbocycles. The van der Waals surface area contributed by atoms with Crippen molar-refractivity contribution < 1.29 is 14.3 Å². The van der Waals surface area contributed by atoms with E-state index in [-0.39, 0.29) is 6.03 Å². The number of hydrogen-bond acceptors (Lipinski definition) is 3. The average Bonchev–Trinajstić information content (AvgIpc) is 2.63. The van der Waals surface area contributed by atoms with Crippen molar-refractivity contribution in [2.75, 3.05) is 31.6 Å². The number of nitrogens with one attached hydrogen (secondary N) is 1. The summed E-state index contributed by atoms with van der Waals surface area (Å²) >= 11 is 0. The normalized spacial score (nSPS) is 19.8. The molecule has 0 aromatic heterocycles. The lowest BCUT2D eigenvalue weighted by molar-refractivity contribution is -0.281. The number of unbranched alkanes of at least 4 members (excludes halogenated alkanes) is 1. The van der Waals surface area contributed by atoms with Crippen LogP contribution in [0, 0.1) is 6.92 Å². The SMILES string of the molecule is CCCCc1ccc(NC(=O)N2CCC3(CC2)OCCCO3)c(C)c1. The van der Waals surface area contributed by atoms with Gasteiger partial charge in [0.25, 0.3) is 0 Å². The van der Waals surface area contributed by atoms with Gasteiger partial charge in [-0.25, -0.2) is 4.79 Å². The van der Waals surface area contributed by atoms with Crippen molar-refractivity contribution in [3.8, 4) is 0 Å². The molecule has 5 nitrogen and oxygen atoms in total. The predicted molar refractivity (Wildman–Crippen MR) is 98.9 cm³/mol. The second-order valence-corrected chi connectivity index (χ2v) is 7.13. The summed E-state index contributed by atoms with van der Waals surface area (Å²) in [7, 11) is 0. The summed E-state index contributed by atoms with van der Waals surface area (Å²) in [5.74, 6) is -0.453. The van der Waals surface area contributed by atoms with E-state index in [4.69, 9.17) is 9.47 Å². The number of likely N-dealkylation sites (tertiary alicyclic amines) is 1. The first-order chi connectivity index (χ1) is 12.1. The molecule has 0 bridgehead atoms. The molecule has 2 heterocycles. The highest BCUT2D eigenvalue weighted by Gasteiger charge is 2.39. The Morgan fingerprint density at radius 3 is 2.60 bits per heavy atom. The maximum atomic E-state index is 12.6. The van der Waals surface area contributed by atoms with Gasteiger partial charge in [0.1, 0.15) is 0 Å². The molecular weight excluding hydrogens is 316 g/mol. The quantitative estimate of drug-likeness (QED) is 0.893. The maximum absolute atomic E-state index is 12.6. The molecule has 0 aliphatic carbocycles. The number of amides is 2. The second kappa shape index (κ2) is 8.19. The third kappa shape index (κ3) is 4.53. The smallest absolute Gasteiger partial charge is 0.321 e. The second-order valence-electron chi connectivity index (χ2n) is 7.13. The van der Waals surface area contributed by atoms with Crippen molar-refractivity contribution in [3.05, 3.63) is 29.3 Å². The summed E-state index contributed by atoms with van der Waals surface area (Å²) in [5.41, 5.74) is 3.36. The molecule has 0 saturated carbocycles. The van der Waals surface area contributed by atoms with Crippen molar-refractivity contribution in [2.24, 2.45) is 0 Å². The molecule has 2 fully saturated rings. The Morgan fingerprint density at radius 1 is 1.24 bits per heavy atom. The molecule has 138 valence electrons. The first-order valence-electron chi connectivity index (χ1n) is 9.55. The largest absolute Gasteiger partial charge is 0.350 e. The number of rotatable bonds is 4. The molecule has 5 heteroatoms. The Bertz CT molecular complexity index is 587. The molecular formula is C20H30N2O3. The third-order valence-corrected chi connectivity index (χ3v) is 5.18. The lowest BCUT2D eigenvalue weighted by Crippen LogP contribution is -2.52. The van der Waals surface area contributed by atoms with E-state index in [2.05, 4.69) is 31.3 Å². The Balaban J connectivity index is 1.54. The molecule has 2 aliphatic rings. The third-order valence-electron chi connectivity index (χ3n) is 5.18. The van der Waals surface area contributed by atoms with Crippen LogP contribution in [-0.2, 0) is 15.9 Å². The van der Waals surface area contributed by atoms with Crippen molar-refractivity contribution in [3.63, 3.8) is 0 Å². The van der Waals surface area contributed by atoms with Crippen molar-refractivity contribution >= 4 is 11.7 Å². The number of hydrogen-bond donors (Lipinski definition) is 1. The summed E-state index contributed by atoms with van der Waals surface area (Å²) in [4.78, 5) is 14.4. The highest BCUT2D eigenvalue weighted by molar-refractivity contribution is 5.90. The van der Waals surface area contributed by atoms with Gasteiger partial charge in [0.15, 0.2) is 5.79 Å². The van der Waals surface area contributed by atoms with Crippen LogP contribution in [0.4, 0.5) is 10.5 Å². The van der Waals surface area contributed by atoms with E-state index in [9.17, 15) is 4.79 Å². The zero-order valence-electron chi connectivity index (χ0n) is 15.5. The average molecular weight is 346 g/mol. The number of nitrogens with zero attached hydrogens (tertiary/aromatic N) is 1. The van der Waals surface area contributed by atoms with Gasteiger partial charge in [-0.2, -0.15) is 0 Å². The molecule has 25 heavy (non-hydrogen) atoms. The fraction of sp³-hybridized carbons (Fsp3) is 0.650. The minimum absolute atomic E-state index is 0.0323. The van der Waals surface area contributed by atoms with E-state index >= 15 is 0 Å². The molecule has 3 rings (SSSR count). The predicted octanol–water partition coefficient (Wildman–Crippen LogP) is 4.10. The van der Waals surface area contributed by atoms with Crippen molar-refractivity contribution in [1.82, 2.24) is 4.90 Å². The van der Waals surface area contributed by atoms with Gasteiger partial charge in [0.05, 0.1) is 13.2 Å². The lowest BCUT2D eigenvalue weighted by atomic mass is 10.0. The Morgan fingerprint density at radius 2 is 1.96 bits per heavy atom. The topological polar surface area (TPSA) is 50.8 Å². The van der Waals surface area contributed by atoms with E-state index in [1.807, 2.05) is 11.0 Å². The van der Waals surface area contributed by atoms with Crippen LogP contribution in [0.2, 0.25) is 0 Å². The van der Waals surface area contributed by atoms with Crippen LogP contribution >= 0.6 is 0 Å². The van der Waals surface area contributed by atoms with E-state index in [0.29, 0.717) is 13.1 Å².